The smallest absolute Gasteiger partial charge is 0.146 e. The molecule has 1 aromatic rings. The number of hydrogen-bond donors (Lipinski definition) is 1. The highest BCUT2D eigenvalue weighted by Crippen LogP contribution is 2.41. The molecule has 1 aliphatic rings. The van der Waals surface area contributed by atoms with Gasteiger partial charge in [0.05, 0.1) is 5.02 Å². The molecule has 0 saturated heterocycles. The molecule has 2 atom stereocenters. The SMILES string of the molecule is CC(C)NCC1CCCCC1c1ccc(Br)c(Cl)c1F. The lowest BCUT2D eigenvalue weighted by Crippen LogP contribution is -2.33. The van der Waals surface area contributed by atoms with Gasteiger partial charge in [-0.25, -0.2) is 4.39 Å². The molecule has 1 saturated carbocycles. The highest BCUT2D eigenvalue weighted by atomic mass is 79.9. The molecular formula is C16H22BrClFN. The third kappa shape index (κ3) is 3.75. The molecule has 0 bridgehead atoms. The van der Waals surface area contributed by atoms with E-state index in [2.05, 4.69) is 35.1 Å². The maximum Gasteiger partial charge on any atom is 0.146 e. The molecule has 0 spiro atoms. The van der Waals surface area contributed by atoms with E-state index >= 15 is 0 Å². The summed E-state index contributed by atoms with van der Waals surface area (Å²) < 4.78 is 15.1. The fraction of sp³-hybridized carbons (Fsp3) is 0.625. The first-order chi connectivity index (χ1) is 9.50. The number of benzene rings is 1. The van der Waals surface area contributed by atoms with Crippen LogP contribution in [-0.4, -0.2) is 12.6 Å². The maximum absolute atomic E-state index is 14.4. The van der Waals surface area contributed by atoms with Crippen LogP contribution in [0, 0.1) is 11.7 Å². The third-order valence-electron chi connectivity index (χ3n) is 4.16. The van der Waals surface area contributed by atoms with E-state index in [1.807, 2.05) is 12.1 Å². The Bertz CT molecular complexity index is 464. The molecule has 1 fully saturated rings. The van der Waals surface area contributed by atoms with Gasteiger partial charge in [-0.05, 0) is 58.8 Å². The molecular weight excluding hydrogens is 341 g/mol. The molecule has 20 heavy (non-hydrogen) atoms. The lowest BCUT2D eigenvalue weighted by Gasteiger charge is -2.33. The van der Waals surface area contributed by atoms with E-state index in [1.165, 1.54) is 12.8 Å². The van der Waals surface area contributed by atoms with Crippen molar-refractivity contribution in [2.24, 2.45) is 5.92 Å². The number of nitrogens with one attached hydrogen (secondary N) is 1. The normalized spacial score (nSPS) is 23.3. The second-order valence-electron chi connectivity index (χ2n) is 5.98. The molecule has 0 heterocycles. The van der Waals surface area contributed by atoms with Crippen molar-refractivity contribution in [1.29, 1.82) is 0 Å². The zero-order chi connectivity index (χ0) is 14.7. The van der Waals surface area contributed by atoms with Crippen molar-refractivity contribution in [1.82, 2.24) is 5.32 Å². The minimum atomic E-state index is -0.248. The van der Waals surface area contributed by atoms with E-state index in [4.69, 9.17) is 11.6 Å². The Labute approximate surface area is 134 Å². The van der Waals surface area contributed by atoms with Gasteiger partial charge < -0.3 is 5.32 Å². The fourth-order valence-electron chi connectivity index (χ4n) is 3.08. The lowest BCUT2D eigenvalue weighted by atomic mass is 9.75. The minimum Gasteiger partial charge on any atom is -0.314 e. The minimum absolute atomic E-state index is 0.212. The maximum atomic E-state index is 14.4. The Morgan fingerprint density at radius 1 is 1.35 bits per heavy atom. The first kappa shape index (κ1) is 16.3. The quantitative estimate of drug-likeness (QED) is 0.696. The van der Waals surface area contributed by atoms with Gasteiger partial charge in [-0.1, -0.05) is 44.4 Å². The molecule has 0 aromatic heterocycles. The van der Waals surface area contributed by atoms with Gasteiger partial charge in [0, 0.05) is 10.5 Å². The van der Waals surface area contributed by atoms with Crippen LogP contribution < -0.4 is 5.32 Å². The van der Waals surface area contributed by atoms with Crippen LogP contribution in [-0.2, 0) is 0 Å². The predicted octanol–water partition coefficient (Wildman–Crippen LogP) is 5.51. The molecule has 2 rings (SSSR count). The van der Waals surface area contributed by atoms with Crippen LogP contribution in [0.2, 0.25) is 5.02 Å². The Hall–Kier alpha value is -0.120. The van der Waals surface area contributed by atoms with E-state index in [0.29, 0.717) is 16.4 Å². The van der Waals surface area contributed by atoms with Crippen molar-refractivity contribution >= 4 is 27.5 Å². The molecule has 2 unspecified atom stereocenters. The zero-order valence-electron chi connectivity index (χ0n) is 12.1. The second-order valence-corrected chi connectivity index (χ2v) is 7.21. The van der Waals surface area contributed by atoms with E-state index < -0.39 is 0 Å². The van der Waals surface area contributed by atoms with E-state index in [-0.39, 0.29) is 16.8 Å². The van der Waals surface area contributed by atoms with E-state index in [0.717, 1.165) is 24.9 Å². The monoisotopic (exact) mass is 361 g/mol. The summed E-state index contributed by atoms with van der Waals surface area (Å²) in [7, 11) is 0. The van der Waals surface area contributed by atoms with Gasteiger partial charge in [-0.15, -0.1) is 0 Å². The summed E-state index contributed by atoms with van der Waals surface area (Å²) in [5, 5.41) is 3.71. The molecule has 4 heteroatoms. The molecule has 0 amide bonds. The highest BCUT2D eigenvalue weighted by molar-refractivity contribution is 9.10. The van der Waals surface area contributed by atoms with Crippen LogP contribution in [0.3, 0.4) is 0 Å². The van der Waals surface area contributed by atoms with Gasteiger partial charge in [-0.3, -0.25) is 0 Å². The van der Waals surface area contributed by atoms with Gasteiger partial charge in [0.1, 0.15) is 5.82 Å². The average Bonchev–Trinajstić information content (AvgIpc) is 2.43. The van der Waals surface area contributed by atoms with Gasteiger partial charge in [0.25, 0.3) is 0 Å². The van der Waals surface area contributed by atoms with Crippen molar-refractivity contribution in [2.45, 2.75) is 51.5 Å². The molecule has 1 aliphatic carbocycles. The van der Waals surface area contributed by atoms with Crippen LogP contribution in [0.15, 0.2) is 16.6 Å². The summed E-state index contributed by atoms with van der Waals surface area (Å²) in [6, 6.07) is 4.22. The van der Waals surface area contributed by atoms with Crippen molar-refractivity contribution in [3.05, 3.63) is 33.0 Å². The van der Waals surface area contributed by atoms with Crippen LogP contribution in [0.25, 0.3) is 0 Å². The fourth-order valence-corrected chi connectivity index (χ4v) is 3.55. The predicted molar refractivity (Wildman–Crippen MR) is 86.9 cm³/mol. The van der Waals surface area contributed by atoms with Crippen LogP contribution >= 0.6 is 27.5 Å². The summed E-state index contributed by atoms with van der Waals surface area (Å²) in [6.07, 6.45) is 4.64. The topological polar surface area (TPSA) is 12.0 Å². The zero-order valence-corrected chi connectivity index (χ0v) is 14.4. The second kappa shape index (κ2) is 7.24. The van der Waals surface area contributed by atoms with Crippen LogP contribution in [0.1, 0.15) is 51.0 Å². The largest absolute Gasteiger partial charge is 0.314 e. The highest BCUT2D eigenvalue weighted by Gasteiger charge is 2.29. The Morgan fingerprint density at radius 2 is 2.05 bits per heavy atom. The number of halogens is 3. The van der Waals surface area contributed by atoms with Gasteiger partial charge in [-0.2, -0.15) is 0 Å². The molecule has 1 nitrogen and oxygen atoms in total. The van der Waals surface area contributed by atoms with Crippen molar-refractivity contribution in [2.75, 3.05) is 6.54 Å². The van der Waals surface area contributed by atoms with Crippen LogP contribution in [0.5, 0.6) is 0 Å². The Balaban J connectivity index is 2.21. The first-order valence-electron chi connectivity index (χ1n) is 7.37. The van der Waals surface area contributed by atoms with E-state index in [9.17, 15) is 4.39 Å². The molecule has 0 aliphatic heterocycles. The molecule has 1 N–H and O–H groups in total. The number of rotatable bonds is 4. The number of hydrogen-bond acceptors (Lipinski definition) is 1. The average molecular weight is 363 g/mol. The standard InChI is InChI=1S/C16H22BrClFN/c1-10(2)20-9-11-5-3-4-6-12(11)13-7-8-14(17)15(18)16(13)19/h7-8,10-12,20H,3-6,9H2,1-2H3. The van der Waals surface area contributed by atoms with Crippen molar-refractivity contribution in [3.63, 3.8) is 0 Å². The summed E-state index contributed by atoms with van der Waals surface area (Å²) in [6.45, 7) is 5.25. The Morgan fingerprint density at radius 3 is 2.75 bits per heavy atom. The summed E-state index contributed by atoms with van der Waals surface area (Å²) in [4.78, 5) is 0. The first-order valence-corrected chi connectivity index (χ1v) is 8.54. The lowest BCUT2D eigenvalue weighted by molar-refractivity contribution is 0.284. The van der Waals surface area contributed by atoms with Crippen molar-refractivity contribution < 1.29 is 4.39 Å². The third-order valence-corrected chi connectivity index (χ3v) is 5.42. The van der Waals surface area contributed by atoms with Crippen LogP contribution in [0.4, 0.5) is 4.39 Å². The molecule has 112 valence electrons. The van der Waals surface area contributed by atoms with Crippen molar-refractivity contribution in [3.8, 4) is 0 Å². The van der Waals surface area contributed by atoms with Gasteiger partial charge >= 0.3 is 0 Å². The summed E-state index contributed by atoms with van der Waals surface area (Å²) >= 11 is 9.32. The molecule has 0 radical (unpaired) electrons. The van der Waals surface area contributed by atoms with E-state index in [1.54, 1.807) is 0 Å². The summed E-state index contributed by atoms with van der Waals surface area (Å²) in [5.74, 6) is 0.529. The van der Waals surface area contributed by atoms with Gasteiger partial charge in [0.15, 0.2) is 0 Å². The van der Waals surface area contributed by atoms with Gasteiger partial charge in [0.2, 0.25) is 0 Å². The molecule has 1 aromatic carbocycles. The Kier molecular flexibility index (Phi) is 5.88. The summed E-state index contributed by atoms with van der Waals surface area (Å²) in [5.41, 5.74) is 0.786.